The van der Waals surface area contributed by atoms with Gasteiger partial charge in [-0.2, -0.15) is 0 Å². The molecule has 4 aromatic rings. The molecule has 1 aliphatic rings. The lowest BCUT2D eigenvalue weighted by Crippen LogP contribution is -2.54. The Morgan fingerprint density at radius 2 is 1.57 bits per heavy atom. The number of carbonyl (C=O) groups is 3. The lowest BCUT2D eigenvalue weighted by atomic mass is 10.1. The fourth-order valence-corrected chi connectivity index (χ4v) is 4.07. The summed E-state index contributed by atoms with van der Waals surface area (Å²) in [5.41, 5.74) is 2.54. The summed E-state index contributed by atoms with van der Waals surface area (Å²) < 4.78 is 1.94. The van der Waals surface area contributed by atoms with E-state index in [2.05, 4.69) is 5.32 Å². The van der Waals surface area contributed by atoms with E-state index in [1.54, 1.807) is 42.5 Å². The molecule has 0 spiro atoms. The molecule has 9 heteroatoms. The maximum absolute atomic E-state index is 13.2. The van der Waals surface area contributed by atoms with Crippen molar-refractivity contribution in [2.45, 2.75) is 6.54 Å². The van der Waals surface area contributed by atoms with Crippen LogP contribution < -0.4 is 10.2 Å². The van der Waals surface area contributed by atoms with Crippen molar-refractivity contribution in [3.63, 3.8) is 0 Å². The number of non-ortho nitro benzene ring substituents is 1. The van der Waals surface area contributed by atoms with Crippen molar-refractivity contribution < 1.29 is 19.3 Å². The van der Waals surface area contributed by atoms with Crippen molar-refractivity contribution >= 4 is 46.2 Å². The van der Waals surface area contributed by atoms with E-state index in [-0.39, 0.29) is 11.3 Å². The van der Waals surface area contributed by atoms with Gasteiger partial charge in [-0.25, -0.2) is 9.69 Å². The molecule has 1 saturated heterocycles. The number of para-hydroxylation sites is 2. The summed E-state index contributed by atoms with van der Waals surface area (Å²) >= 11 is 0. The molecule has 3 aromatic carbocycles. The largest absolute Gasteiger partial charge is 0.342 e. The molecular formula is C26H18N4O5. The van der Waals surface area contributed by atoms with Gasteiger partial charge < -0.3 is 4.57 Å². The summed E-state index contributed by atoms with van der Waals surface area (Å²) in [4.78, 5) is 49.6. The third-order valence-corrected chi connectivity index (χ3v) is 5.74. The highest BCUT2D eigenvalue weighted by molar-refractivity contribution is 6.39. The molecule has 1 aliphatic heterocycles. The van der Waals surface area contributed by atoms with Crippen molar-refractivity contribution in [3.05, 3.63) is 112 Å². The van der Waals surface area contributed by atoms with Gasteiger partial charge in [-0.3, -0.25) is 25.0 Å². The third kappa shape index (κ3) is 4.06. The van der Waals surface area contributed by atoms with E-state index in [4.69, 9.17) is 0 Å². The van der Waals surface area contributed by atoms with E-state index < -0.39 is 22.8 Å². The number of fused-ring (bicyclic) bond motifs is 1. The summed E-state index contributed by atoms with van der Waals surface area (Å²) in [5, 5.41) is 14.0. The molecule has 0 bridgehead atoms. The number of benzene rings is 3. The Kier molecular flexibility index (Phi) is 5.42. The van der Waals surface area contributed by atoms with Crippen molar-refractivity contribution in [1.82, 2.24) is 9.88 Å². The zero-order chi connectivity index (χ0) is 24.5. The summed E-state index contributed by atoms with van der Waals surface area (Å²) in [6.07, 6.45) is 3.29. The minimum atomic E-state index is -0.802. The van der Waals surface area contributed by atoms with Crippen LogP contribution >= 0.6 is 0 Å². The normalized spacial score (nSPS) is 15.0. The SMILES string of the molecule is O=C1NC(=O)N(c2ccccc2)C(=O)C1=Cc1cn(Cc2ccc([N+](=O)[O-])cc2)c2ccccc12. The Labute approximate surface area is 199 Å². The van der Waals surface area contributed by atoms with Crippen LogP contribution in [-0.2, 0) is 16.1 Å². The number of urea groups is 1. The molecule has 9 nitrogen and oxygen atoms in total. The maximum Gasteiger partial charge on any atom is 0.335 e. The van der Waals surface area contributed by atoms with Crippen LogP contribution in [0, 0.1) is 10.1 Å². The third-order valence-electron chi connectivity index (χ3n) is 5.74. The zero-order valence-electron chi connectivity index (χ0n) is 18.3. The average Bonchev–Trinajstić information content (AvgIpc) is 3.20. The molecule has 1 N–H and O–H groups in total. The second-order valence-corrected chi connectivity index (χ2v) is 7.95. The highest BCUT2D eigenvalue weighted by atomic mass is 16.6. The molecule has 172 valence electrons. The van der Waals surface area contributed by atoms with Gasteiger partial charge in [-0.05, 0) is 29.8 Å². The topological polar surface area (TPSA) is 115 Å². The number of hydrogen-bond acceptors (Lipinski definition) is 5. The van der Waals surface area contributed by atoms with Gasteiger partial charge in [0.05, 0.1) is 10.6 Å². The van der Waals surface area contributed by atoms with Gasteiger partial charge in [0.2, 0.25) is 0 Å². The molecular weight excluding hydrogens is 448 g/mol. The number of rotatable bonds is 5. The van der Waals surface area contributed by atoms with Crippen molar-refractivity contribution in [2.75, 3.05) is 4.90 Å². The summed E-state index contributed by atoms with van der Waals surface area (Å²) in [6, 6.07) is 21.4. The molecule has 4 amide bonds. The van der Waals surface area contributed by atoms with Crippen molar-refractivity contribution in [1.29, 1.82) is 0 Å². The lowest BCUT2D eigenvalue weighted by molar-refractivity contribution is -0.384. The van der Waals surface area contributed by atoms with Gasteiger partial charge in [0.15, 0.2) is 0 Å². The van der Waals surface area contributed by atoms with Crippen molar-refractivity contribution in [3.8, 4) is 0 Å². The van der Waals surface area contributed by atoms with Gasteiger partial charge in [0.25, 0.3) is 17.5 Å². The van der Waals surface area contributed by atoms with Crippen LogP contribution in [-0.4, -0.2) is 27.3 Å². The Bertz CT molecular complexity index is 1520. The first-order chi connectivity index (χ1) is 16.9. The van der Waals surface area contributed by atoms with Crippen LogP contribution in [0.15, 0.2) is 90.6 Å². The number of imide groups is 2. The monoisotopic (exact) mass is 466 g/mol. The fourth-order valence-electron chi connectivity index (χ4n) is 4.07. The summed E-state index contributed by atoms with van der Waals surface area (Å²) in [7, 11) is 0. The molecule has 5 rings (SSSR count). The fraction of sp³-hybridized carbons (Fsp3) is 0.0385. The quantitative estimate of drug-likeness (QED) is 0.204. The number of amides is 4. The van der Waals surface area contributed by atoms with Crippen LogP contribution in [0.3, 0.4) is 0 Å². The molecule has 0 radical (unpaired) electrons. The summed E-state index contributed by atoms with van der Waals surface area (Å²) in [5.74, 6) is -1.48. The minimum Gasteiger partial charge on any atom is -0.342 e. The van der Waals surface area contributed by atoms with Gasteiger partial charge in [0.1, 0.15) is 5.57 Å². The van der Waals surface area contributed by atoms with Crippen LogP contribution in [0.2, 0.25) is 0 Å². The predicted octanol–water partition coefficient (Wildman–Crippen LogP) is 4.26. The number of barbiturate groups is 1. The Hall–Kier alpha value is -5.05. The number of nitro groups is 1. The number of nitrogens with zero attached hydrogens (tertiary/aromatic N) is 3. The van der Waals surface area contributed by atoms with Crippen LogP contribution in [0.5, 0.6) is 0 Å². The second kappa shape index (κ2) is 8.71. The minimum absolute atomic E-state index is 0.0101. The van der Waals surface area contributed by atoms with E-state index in [0.29, 0.717) is 17.8 Å². The van der Waals surface area contributed by atoms with Gasteiger partial charge in [-0.1, -0.05) is 48.5 Å². The average molecular weight is 466 g/mol. The number of aromatic nitrogens is 1. The molecule has 2 heterocycles. The van der Waals surface area contributed by atoms with E-state index in [9.17, 15) is 24.5 Å². The van der Waals surface area contributed by atoms with E-state index in [1.807, 2.05) is 35.0 Å². The van der Waals surface area contributed by atoms with Gasteiger partial charge in [0, 0.05) is 41.3 Å². The molecule has 0 saturated carbocycles. The number of anilines is 1. The van der Waals surface area contributed by atoms with E-state index in [0.717, 1.165) is 21.4 Å². The number of hydrogen-bond donors (Lipinski definition) is 1. The Morgan fingerprint density at radius 1 is 0.886 bits per heavy atom. The second-order valence-electron chi connectivity index (χ2n) is 7.95. The first-order valence-corrected chi connectivity index (χ1v) is 10.7. The van der Waals surface area contributed by atoms with E-state index >= 15 is 0 Å². The van der Waals surface area contributed by atoms with Crippen molar-refractivity contribution in [2.24, 2.45) is 0 Å². The molecule has 35 heavy (non-hydrogen) atoms. The predicted molar refractivity (Wildman–Crippen MR) is 130 cm³/mol. The number of nitrogens with one attached hydrogen (secondary N) is 1. The lowest BCUT2D eigenvalue weighted by Gasteiger charge is -2.26. The number of carbonyl (C=O) groups excluding carboxylic acids is 3. The standard InChI is InChI=1S/C26H18N4O5/c31-24-22(25(32)29(26(33)27-24)19-6-2-1-3-7-19)14-18-16-28(23-9-5-4-8-21(18)23)15-17-10-12-20(13-11-17)30(34)35/h1-14,16H,15H2,(H,27,31,33). The molecule has 0 aliphatic carbocycles. The highest BCUT2D eigenvalue weighted by Gasteiger charge is 2.36. The first-order valence-electron chi connectivity index (χ1n) is 10.7. The van der Waals surface area contributed by atoms with Gasteiger partial charge in [-0.15, -0.1) is 0 Å². The zero-order valence-corrected chi connectivity index (χ0v) is 18.3. The summed E-state index contributed by atoms with van der Waals surface area (Å²) in [6.45, 7) is 0.427. The van der Waals surface area contributed by atoms with Crippen LogP contribution in [0.4, 0.5) is 16.2 Å². The molecule has 0 atom stereocenters. The highest BCUT2D eigenvalue weighted by Crippen LogP contribution is 2.27. The molecule has 1 fully saturated rings. The van der Waals surface area contributed by atoms with Crippen LogP contribution in [0.1, 0.15) is 11.1 Å². The first kappa shape index (κ1) is 21.8. The van der Waals surface area contributed by atoms with E-state index in [1.165, 1.54) is 18.2 Å². The molecule has 1 aromatic heterocycles. The molecule has 0 unspecified atom stereocenters. The van der Waals surface area contributed by atoms with Gasteiger partial charge >= 0.3 is 6.03 Å². The number of nitro benzene ring substituents is 1. The Morgan fingerprint density at radius 3 is 2.29 bits per heavy atom. The Balaban J connectivity index is 1.54. The maximum atomic E-state index is 13.2. The van der Waals surface area contributed by atoms with Crippen LogP contribution in [0.25, 0.3) is 17.0 Å². The smallest absolute Gasteiger partial charge is 0.335 e.